The number of halogens is 1. The highest BCUT2D eigenvalue weighted by atomic mass is 79.9. The van der Waals surface area contributed by atoms with Crippen LogP contribution in [0.2, 0.25) is 0 Å². The summed E-state index contributed by atoms with van der Waals surface area (Å²) in [6.45, 7) is 7.30. The molecule has 0 aliphatic rings. The number of nitrogens with one attached hydrogen (secondary N) is 1. The van der Waals surface area contributed by atoms with Gasteiger partial charge in [0.05, 0.1) is 0 Å². The van der Waals surface area contributed by atoms with Gasteiger partial charge in [0, 0.05) is 26.7 Å². The second-order valence-corrected chi connectivity index (χ2v) is 6.16. The van der Waals surface area contributed by atoms with Gasteiger partial charge in [-0.3, -0.25) is 0 Å². The molecule has 0 unspecified atom stereocenters. The van der Waals surface area contributed by atoms with Crippen molar-refractivity contribution in [2.75, 3.05) is 19.6 Å². The van der Waals surface area contributed by atoms with E-state index in [1.165, 1.54) is 9.35 Å². The molecule has 0 saturated heterocycles. The molecule has 0 bridgehead atoms. The summed E-state index contributed by atoms with van der Waals surface area (Å²) in [6, 6.07) is 2.20. The third kappa shape index (κ3) is 4.23. The lowest BCUT2D eigenvalue weighted by Gasteiger charge is -2.23. The molecule has 0 aliphatic carbocycles. The molecule has 0 spiro atoms. The Labute approximate surface area is 104 Å². The molecular formula is C11H19BrN2S. The first kappa shape index (κ1) is 13.2. The Morgan fingerprint density at radius 1 is 1.53 bits per heavy atom. The second-order valence-electron chi connectivity index (χ2n) is 4.33. The molecule has 0 fully saturated rings. The summed E-state index contributed by atoms with van der Waals surface area (Å²) in [6.07, 6.45) is 1.05. The van der Waals surface area contributed by atoms with Crippen molar-refractivity contribution in [2.45, 2.75) is 25.7 Å². The molecule has 15 heavy (non-hydrogen) atoms. The Kier molecular flexibility index (Phi) is 5.26. The van der Waals surface area contributed by atoms with Crippen LogP contribution in [0.5, 0.6) is 0 Å². The molecule has 4 heteroatoms. The molecule has 0 aromatic carbocycles. The lowest BCUT2D eigenvalue weighted by Crippen LogP contribution is -2.33. The number of nitrogens with two attached hydrogens (primary N) is 1. The quantitative estimate of drug-likeness (QED) is 0.791. The van der Waals surface area contributed by atoms with Crippen LogP contribution in [0.15, 0.2) is 15.9 Å². The second kappa shape index (κ2) is 5.99. The van der Waals surface area contributed by atoms with Gasteiger partial charge in [-0.25, -0.2) is 0 Å². The van der Waals surface area contributed by atoms with E-state index in [0.29, 0.717) is 0 Å². The standard InChI is InChI=1S/C11H19BrN2S/c1-11(2,8-14-5-3-4-13)10-6-9(12)7-15-10/h6-7,14H,3-5,8,13H2,1-2H3. The van der Waals surface area contributed by atoms with E-state index in [1.54, 1.807) is 0 Å². The van der Waals surface area contributed by atoms with Gasteiger partial charge in [0.2, 0.25) is 0 Å². The molecule has 2 nitrogen and oxygen atoms in total. The molecule has 0 aliphatic heterocycles. The molecule has 3 N–H and O–H groups in total. The minimum Gasteiger partial charge on any atom is -0.330 e. The van der Waals surface area contributed by atoms with Gasteiger partial charge in [-0.15, -0.1) is 11.3 Å². The summed E-state index contributed by atoms with van der Waals surface area (Å²) in [7, 11) is 0. The first-order valence-corrected chi connectivity index (χ1v) is 6.89. The van der Waals surface area contributed by atoms with Crippen LogP contribution >= 0.6 is 27.3 Å². The zero-order valence-electron chi connectivity index (χ0n) is 9.35. The summed E-state index contributed by atoms with van der Waals surface area (Å²) in [5, 5.41) is 5.58. The van der Waals surface area contributed by atoms with E-state index >= 15 is 0 Å². The van der Waals surface area contributed by atoms with Crippen LogP contribution in [0.4, 0.5) is 0 Å². The average molecular weight is 291 g/mol. The van der Waals surface area contributed by atoms with Crippen LogP contribution in [0.1, 0.15) is 25.1 Å². The molecule has 86 valence electrons. The van der Waals surface area contributed by atoms with Crippen molar-refractivity contribution >= 4 is 27.3 Å². The summed E-state index contributed by atoms with van der Waals surface area (Å²) in [5.41, 5.74) is 5.65. The normalized spacial score (nSPS) is 12.0. The summed E-state index contributed by atoms with van der Waals surface area (Å²) in [4.78, 5) is 1.41. The van der Waals surface area contributed by atoms with Gasteiger partial charge < -0.3 is 11.1 Å². The predicted octanol–water partition coefficient (Wildman–Crippen LogP) is 2.73. The van der Waals surface area contributed by atoms with Crippen LogP contribution in [-0.4, -0.2) is 19.6 Å². The van der Waals surface area contributed by atoms with E-state index in [1.807, 2.05) is 11.3 Å². The number of thiophene rings is 1. The first-order chi connectivity index (χ1) is 7.06. The first-order valence-electron chi connectivity index (χ1n) is 5.21. The zero-order valence-corrected chi connectivity index (χ0v) is 11.7. The lowest BCUT2D eigenvalue weighted by atomic mass is 9.91. The van der Waals surface area contributed by atoms with Crippen molar-refractivity contribution in [3.8, 4) is 0 Å². The summed E-state index contributed by atoms with van der Waals surface area (Å²) >= 11 is 5.30. The van der Waals surface area contributed by atoms with Crippen molar-refractivity contribution in [1.29, 1.82) is 0 Å². The Hall–Kier alpha value is 0.1000. The minimum atomic E-state index is 0.200. The molecule has 0 amide bonds. The fraction of sp³-hybridized carbons (Fsp3) is 0.636. The van der Waals surface area contributed by atoms with Crippen molar-refractivity contribution < 1.29 is 0 Å². The van der Waals surface area contributed by atoms with Crippen LogP contribution < -0.4 is 11.1 Å². The van der Waals surface area contributed by atoms with Gasteiger partial charge in [-0.1, -0.05) is 13.8 Å². The van der Waals surface area contributed by atoms with Crippen LogP contribution in [0.25, 0.3) is 0 Å². The topological polar surface area (TPSA) is 38.0 Å². The van der Waals surface area contributed by atoms with E-state index in [4.69, 9.17) is 5.73 Å². The Balaban J connectivity index is 2.44. The highest BCUT2D eigenvalue weighted by Gasteiger charge is 2.21. The van der Waals surface area contributed by atoms with E-state index in [0.717, 1.165) is 26.1 Å². The van der Waals surface area contributed by atoms with E-state index in [9.17, 15) is 0 Å². The van der Waals surface area contributed by atoms with Crippen LogP contribution in [0.3, 0.4) is 0 Å². The maximum absolute atomic E-state index is 5.45. The largest absolute Gasteiger partial charge is 0.330 e. The summed E-state index contributed by atoms with van der Waals surface area (Å²) < 4.78 is 1.18. The van der Waals surface area contributed by atoms with Gasteiger partial charge in [-0.2, -0.15) is 0 Å². The van der Waals surface area contributed by atoms with E-state index in [-0.39, 0.29) is 5.41 Å². The average Bonchev–Trinajstić information content (AvgIpc) is 2.60. The zero-order chi connectivity index (χ0) is 11.3. The number of hydrogen-bond acceptors (Lipinski definition) is 3. The highest BCUT2D eigenvalue weighted by molar-refractivity contribution is 9.10. The van der Waals surface area contributed by atoms with Gasteiger partial charge in [0.25, 0.3) is 0 Å². The Morgan fingerprint density at radius 2 is 2.27 bits per heavy atom. The van der Waals surface area contributed by atoms with E-state index < -0.39 is 0 Å². The van der Waals surface area contributed by atoms with E-state index in [2.05, 4.69) is 46.5 Å². The SMILES string of the molecule is CC(C)(CNCCCN)c1cc(Br)cs1. The maximum Gasteiger partial charge on any atom is 0.0285 e. The fourth-order valence-electron chi connectivity index (χ4n) is 1.38. The summed E-state index contributed by atoms with van der Waals surface area (Å²) in [5.74, 6) is 0. The Morgan fingerprint density at radius 3 is 2.80 bits per heavy atom. The van der Waals surface area contributed by atoms with Crippen molar-refractivity contribution in [3.63, 3.8) is 0 Å². The molecule has 0 saturated carbocycles. The third-order valence-electron chi connectivity index (χ3n) is 2.36. The lowest BCUT2D eigenvalue weighted by molar-refractivity contribution is 0.475. The molecule has 1 aromatic rings. The molecule has 0 atom stereocenters. The van der Waals surface area contributed by atoms with Crippen LogP contribution in [0, 0.1) is 0 Å². The molecule has 1 aromatic heterocycles. The highest BCUT2D eigenvalue weighted by Crippen LogP contribution is 2.30. The van der Waals surface area contributed by atoms with Gasteiger partial charge in [0.1, 0.15) is 0 Å². The van der Waals surface area contributed by atoms with Crippen molar-refractivity contribution in [2.24, 2.45) is 5.73 Å². The predicted molar refractivity (Wildman–Crippen MR) is 71.6 cm³/mol. The maximum atomic E-state index is 5.45. The van der Waals surface area contributed by atoms with Gasteiger partial charge in [0.15, 0.2) is 0 Å². The molecular weight excluding hydrogens is 272 g/mol. The smallest absolute Gasteiger partial charge is 0.0285 e. The third-order valence-corrected chi connectivity index (χ3v) is 4.42. The molecule has 0 radical (unpaired) electrons. The minimum absolute atomic E-state index is 0.200. The van der Waals surface area contributed by atoms with Crippen molar-refractivity contribution in [3.05, 3.63) is 20.8 Å². The van der Waals surface area contributed by atoms with Crippen molar-refractivity contribution in [1.82, 2.24) is 5.32 Å². The van der Waals surface area contributed by atoms with Gasteiger partial charge in [-0.05, 0) is 41.5 Å². The Bertz CT molecular complexity index is 297. The van der Waals surface area contributed by atoms with Crippen LogP contribution in [-0.2, 0) is 5.41 Å². The molecule has 1 rings (SSSR count). The molecule has 1 heterocycles. The van der Waals surface area contributed by atoms with Gasteiger partial charge >= 0.3 is 0 Å². The number of hydrogen-bond donors (Lipinski definition) is 2. The number of rotatable bonds is 6. The monoisotopic (exact) mass is 290 g/mol. The fourth-order valence-corrected chi connectivity index (χ4v) is 2.94.